The Morgan fingerprint density at radius 1 is 0.583 bits per heavy atom. The summed E-state index contributed by atoms with van der Waals surface area (Å²) in [7, 11) is 0.531. The Labute approximate surface area is 289 Å². The Morgan fingerprint density at radius 2 is 1.04 bits per heavy atom. The topological polar surface area (TPSA) is 17.8 Å². The average molecular weight is 637 g/mol. The first-order chi connectivity index (χ1) is 23.6. The second-order valence-electron chi connectivity index (χ2n) is 12.5. The molecule has 0 aliphatic carbocycles. The van der Waals surface area contributed by atoms with Gasteiger partial charge in [0, 0.05) is 12.4 Å². The van der Waals surface area contributed by atoms with Crippen molar-refractivity contribution in [1.29, 1.82) is 0 Å². The molecule has 7 rings (SSSR count). The Morgan fingerprint density at radius 3 is 1.46 bits per heavy atom. The van der Waals surface area contributed by atoms with Crippen LogP contribution in [0.25, 0.3) is 0 Å². The summed E-state index contributed by atoms with van der Waals surface area (Å²) in [6, 6.07) is 62.7. The molecule has 0 spiro atoms. The predicted molar refractivity (Wildman–Crippen MR) is 206 cm³/mol. The maximum absolute atomic E-state index is 4.41. The van der Waals surface area contributed by atoms with Gasteiger partial charge in [-0.2, -0.15) is 0 Å². The van der Waals surface area contributed by atoms with Gasteiger partial charge in [-0.25, -0.2) is 4.98 Å². The molecule has 0 unspecified atom stereocenters. The van der Waals surface area contributed by atoms with Crippen molar-refractivity contribution < 1.29 is 0 Å². The largest absolute Gasteiger partial charge is 0.326 e. The minimum Gasteiger partial charge on any atom is -0.326 e. The van der Waals surface area contributed by atoms with Gasteiger partial charge in [-0.3, -0.25) is 0 Å². The normalized spacial score (nSPS) is 11.1. The summed E-state index contributed by atoms with van der Waals surface area (Å²) >= 11 is 0. The van der Waals surface area contributed by atoms with Crippen LogP contribution in [-0.4, -0.2) is 25.8 Å². The van der Waals surface area contributed by atoms with Crippen LogP contribution in [0.1, 0.15) is 30.5 Å². The van der Waals surface area contributed by atoms with Crippen LogP contribution < -0.4 is 21.6 Å². The molecule has 2 radical (unpaired) electrons. The van der Waals surface area contributed by atoms with Gasteiger partial charge in [0.05, 0.1) is 11.5 Å². The quantitative estimate of drug-likeness (QED) is 0.147. The highest BCUT2D eigenvalue weighted by Gasteiger charge is 2.37. The van der Waals surface area contributed by atoms with E-state index in [4.69, 9.17) is 0 Å². The maximum atomic E-state index is 4.41. The van der Waals surface area contributed by atoms with E-state index in [9.17, 15) is 0 Å². The van der Waals surface area contributed by atoms with E-state index in [1.165, 1.54) is 38.3 Å². The third kappa shape index (κ3) is 7.84. The number of imidazole rings is 1. The number of aromatic nitrogens is 2. The zero-order valence-corrected chi connectivity index (χ0v) is 28.7. The summed E-state index contributed by atoms with van der Waals surface area (Å²) in [5.41, 5.74) is 7.96. The van der Waals surface area contributed by atoms with Crippen molar-refractivity contribution in [1.82, 2.24) is 9.55 Å². The number of nitrogens with zero attached hydrogens (tertiary/aromatic N) is 2. The van der Waals surface area contributed by atoms with Crippen LogP contribution in [0, 0.1) is 5.92 Å². The van der Waals surface area contributed by atoms with E-state index < -0.39 is 0 Å². The SMILES string of the molecule is CC(C)Cc1cccc([Si]C(c2ccccc2)(c2ccccc2)n2ccnc2)c1.c1ccc(B(c2ccccc2)c2ccccc2)cc1. The second-order valence-corrected chi connectivity index (χ2v) is 14.1. The molecular formula is C44H41BN2Si. The van der Waals surface area contributed by atoms with Crippen molar-refractivity contribution in [2.24, 2.45) is 5.92 Å². The Bertz CT molecular complexity index is 1800. The van der Waals surface area contributed by atoms with Gasteiger partial charge in [0.2, 0.25) is 6.71 Å². The highest BCUT2D eigenvalue weighted by molar-refractivity contribution is 6.95. The minimum absolute atomic E-state index is 0.309. The van der Waals surface area contributed by atoms with Crippen LogP contribution in [0.4, 0.5) is 0 Å². The summed E-state index contributed by atoms with van der Waals surface area (Å²) in [5, 5.41) is 1.04. The summed E-state index contributed by atoms with van der Waals surface area (Å²) in [4.78, 5) is 4.41. The van der Waals surface area contributed by atoms with E-state index in [0.717, 1.165) is 6.42 Å². The van der Waals surface area contributed by atoms with Gasteiger partial charge >= 0.3 is 0 Å². The van der Waals surface area contributed by atoms with Crippen LogP contribution in [0.2, 0.25) is 0 Å². The lowest BCUT2D eigenvalue weighted by Crippen LogP contribution is -2.51. The fourth-order valence-corrected chi connectivity index (χ4v) is 8.20. The fraction of sp³-hybridized carbons (Fsp3) is 0.114. The van der Waals surface area contributed by atoms with Crippen molar-refractivity contribution in [2.75, 3.05) is 0 Å². The molecule has 0 atom stereocenters. The Balaban J connectivity index is 0.000000182. The Kier molecular flexibility index (Phi) is 11.0. The first-order valence-electron chi connectivity index (χ1n) is 16.7. The standard InChI is InChI=1S/C26H26N2Si.C18H15B/c1-21(2)18-22-10-9-15-25(19-22)29-26(28-17-16-27-20-28,23-11-5-3-6-12-23)24-13-7-4-8-14-24;1-4-10-16(11-5-1)19(17-12-6-2-7-13-17)18-14-8-3-9-15-18/h3-17,19-21H,18H2,1-2H3;1-15H. The lowest BCUT2D eigenvalue weighted by molar-refractivity contribution is 0.596. The third-order valence-electron chi connectivity index (χ3n) is 8.57. The third-order valence-corrected chi connectivity index (χ3v) is 10.4. The minimum atomic E-state index is -0.324. The summed E-state index contributed by atoms with van der Waals surface area (Å²) < 4.78 is 2.27. The van der Waals surface area contributed by atoms with E-state index in [1.807, 2.05) is 12.5 Å². The van der Waals surface area contributed by atoms with E-state index in [2.05, 4.69) is 206 Å². The predicted octanol–water partition coefficient (Wildman–Crippen LogP) is 7.06. The molecule has 4 heteroatoms. The molecule has 0 aliphatic heterocycles. The molecule has 48 heavy (non-hydrogen) atoms. The zero-order chi connectivity index (χ0) is 33.0. The average Bonchev–Trinajstić information content (AvgIpc) is 3.69. The monoisotopic (exact) mass is 636 g/mol. The van der Waals surface area contributed by atoms with E-state index in [-0.39, 0.29) is 5.16 Å². The van der Waals surface area contributed by atoms with Crippen LogP contribution in [0.5, 0.6) is 0 Å². The molecule has 1 aromatic heterocycles. The van der Waals surface area contributed by atoms with Gasteiger partial charge in [-0.1, -0.05) is 211 Å². The molecule has 0 fully saturated rings. The van der Waals surface area contributed by atoms with Gasteiger partial charge in [-0.05, 0) is 29.0 Å². The molecule has 0 aliphatic rings. The van der Waals surface area contributed by atoms with Crippen LogP contribution in [-0.2, 0) is 11.6 Å². The van der Waals surface area contributed by atoms with Crippen molar-refractivity contribution in [3.63, 3.8) is 0 Å². The highest BCUT2D eigenvalue weighted by Crippen LogP contribution is 2.33. The summed E-state index contributed by atoms with van der Waals surface area (Å²) in [6.45, 7) is 4.86. The molecule has 2 nitrogen and oxygen atoms in total. The van der Waals surface area contributed by atoms with Crippen LogP contribution in [0.3, 0.4) is 0 Å². The zero-order valence-electron chi connectivity index (χ0n) is 27.7. The second kappa shape index (κ2) is 16.1. The molecule has 0 saturated carbocycles. The molecule has 0 N–H and O–H groups in total. The van der Waals surface area contributed by atoms with Gasteiger partial charge < -0.3 is 4.57 Å². The van der Waals surface area contributed by atoms with Crippen molar-refractivity contribution in [3.05, 3.63) is 211 Å². The van der Waals surface area contributed by atoms with Crippen LogP contribution >= 0.6 is 0 Å². The van der Waals surface area contributed by atoms with Gasteiger partial charge in [-0.15, -0.1) is 0 Å². The lowest BCUT2D eigenvalue weighted by Gasteiger charge is -2.36. The number of rotatable bonds is 10. The van der Waals surface area contributed by atoms with Gasteiger partial charge in [0.15, 0.2) is 0 Å². The molecule has 234 valence electrons. The van der Waals surface area contributed by atoms with E-state index in [0.29, 0.717) is 22.2 Å². The number of hydrogen-bond acceptors (Lipinski definition) is 1. The summed E-state index contributed by atoms with van der Waals surface area (Å²) in [5.74, 6) is 0.648. The molecule has 7 aromatic rings. The molecular weight excluding hydrogens is 595 g/mol. The van der Waals surface area contributed by atoms with Crippen LogP contribution in [0.15, 0.2) is 195 Å². The highest BCUT2D eigenvalue weighted by atomic mass is 28.2. The maximum Gasteiger partial charge on any atom is 0.241 e. The number of benzene rings is 6. The van der Waals surface area contributed by atoms with Crippen molar-refractivity contribution >= 4 is 37.8 Å². The molecule has 0 saturated heterocycles. The summed E-state index contributed by atoms with van der Waals surface area (Å²) in [6.07, 6.45) is 7.02. The van der Waals surface area contributed by atoms with Gasteiger partial charge in [0.25, 0.3) is 0 Å². The molecule has 0 bridgehead atoms. The molecule has 6 aromatic carbocycles. The van der Waals surface area contributed by atoms with E-state index in [1.54, 1.807) is 0 Å². The first-order valence-corrected chi connectivity index (χ1v) is 17.7. The fourth-order valence-electron chi connectivity index (χ4n) is 6.46. The first kappa shape index (κ1) is 32.7. The number of hydrogen-bond donors (Lipinski definition) is 0. The van der Waals surface area contributed by atoms with E-state index >= 15 is 0 Å². The van der Waals surface area contributed by atoms with Crippen molar-refractivity contribution in [2.45, 2.75) is 25.4 Å². The van der Waals surface area contributed by atoms with Gasteiger partial charge in [0.1, 0.15) is 9.52 Å². The smallest absolute Gasteiger partial charge is 0.241 e. The van der Waals surface area contributed by atoms with Crippen molar-refractivity contribution in [3.8, 4) is 0 Å². The lowest BCUT2D eigenvalue weighted by atomic mass is 9.37. The Hall–Kier alpha value is -5.19. The molecule has 1 heterocycles. The molecule has 0 amide bonds.